The molecule has 1 rings (SSSR count). The molecule has 0 bridgehead atoms. The number of hydrogen-bond donors (Lipinski definition) is 1. The van der Waals surface area contributed by atoms with Crippen molar-refractivity contribution in [2.75, 3.05) is 6.61 Å². The van der Waals surface area contributed by atoms with Gasteiger partial charge >= 0.3 is 0 Å². The number of aliphatic hydroxyl groups is 1. The van der Waals surface area contributed by atoms with Gasteiger partial charge in [0.15, 0.2) is 0 Å². The van der Waals surface area contributed by atoms with Crippen LogP contribution in [0.4, 0.5) is 0 Å². The minimum absolute atomic E-state index is 0.242. The summed E-state index contributed by atoms with van der Waals surface area (Å²) in [6.07, 6.45) is 1.89. The smallest absolute Gasteiger partial charge is 0.0462 e. The van der Waals surface area contributed by atoms with Crippen LogP contribution in [0.25, 0.3) is 0 Å². The summed E-state index contributed by atoms with van der Waals surface area (Å²) in [5.41, 5.74) is 1.20. The molecule has 0 spiro atoms. The van der Waals surface area contributed by atoms with Gasteiger partial charge < -0.3 is 5.11 Å². The highest BCUT2D eigenvalue weighted by Crippen LogP contribution is 2.24. The summed E-state index contributed by atoms with van der Waals surface area (Å²) < 4.78 is 1.02. The summed E-state index contributed by atoms with van der Waals surface area (Å²) in [5, 5.41) is 9.83. The maximum absolute atomic E-state index is 9.09. The van der Waals surface area contributed by atoms with Crippen molar-refractivity contribution in [2.45, 2.75) is 19.8 Å². The molecule has 0 aliphatic heterocycles. The molecule has 0 unspecified atom stereocenters. The lowest BCUT2D eigenvalue weighted by Gasteiger charge is -2.12. The average molecular weight is 278 g/mol. The molecule has 1 aromatic carbocycles. The molecule has 78 valence electrons. The SMILES string of the molecule is CC[C@H](CO)Cc1ccc(Cl)cc1Br. The minimum atomic E-state index is 0.242. The largest absolute Gasteiger partial charge is 0.396 e. The quantitative estimate of drug-likeness (QED) is 0.890. The molecule has 0 fully saturated rings. The van der Waals surface area contributed by atoms with E-state index in [1.165, 1.54) is 5.56 Å². The normalized spacial score (nSPS) is 12.9. The highest BCUT2D eigenvalue weighted by Gasteiger charge is 2.08. The Morgan fingerprint density at radius 3 is 2.71 bits per heavy atom. The molecule has 14 heavy (non-hydrogen) atoms. The van der Waals surface area contributed by atoms with Crippen LogP contribution in [0.15, 0.2) is 22.7 Å². The zero-order valence-electron chi connectivity index (χ0n) is 8.13. The van der Waals surface area contributed by atoms with E-state index in [1.54, 1.807) is 0 Å². The lowest BCUT2D eigenvalue weighted by molar-refractivity contribution is 0.222. The van der Waals surface area contributed by atoms with Crippen LogP contribution >= 0.6 is 27.5 Å². The van der Waals surface area contributed by atoms with Crippen LogP contribution in [0.1, 0.15) is 18.9 Å². The topological polar surface area (TPSA) is 20.2 Å². The van der Waals surface area contributed by atoms with Gasteiger partial charge in [0.25, 0.3) is 0 Å². The number of benzene rings is 1. The van der Waals surface area contributed by atoms with Gasteiger partial charge in [-0.25, -0.2) is 0 Å². The second kappa shape index (κ2) is 5.74. The fourth-order valence-electron chi connectivity index (χ4n) is 1.34. The van der Waals surface area contributed by atoms with Crippen LogP contribution in [-0.2, 0) is 6.42 Å². The molecular formula is C11H14BrClO. The summed E-state index contributed by atoms with van der Waals surface area (Å²) in [4.78, 5) is 0. The molecule has 0 aromatic heterocycles. The average Bonchev–Trinajstić information content (AvgIpc) is 2.17. The Bertz CT molecular complexity index is 297. The number of hydrogen-bond acceptors (Lipinski definition) is 1. The van der Waals surface area contributed by atoms with E-state index in [4.69, 9.17) is 16.7 Å². The predicted octanol–water partition coefficient (Wildman–Crippen LogP) is 3.66. The molecule has 1 aromatic rings. The zero-order chi connectivity index (χ0) is 10.6. The van der Waals surface area contributed by atoms with Crippen molar-refractivity contribution in [1.29, 1.82) is 0 Å². The molecule has 0 saturated carbocycles. The molecule has 0 aliphatic carbocycles. The summed E-state index contributed by atoms with van der Waals surface area (Å²) in [6.45, 7) is 2.33. The highest BCUT2D eigenvalue weighted by molar-refractivity contribution is 9.10. The second-order valence-corrected chi connectivity index (χ2v) is 4.69. The molecule has 0 radical (unpaired) electrons. The lowest BCUT2D eigenvalue weighted by Crippen LogP contribution is -2.08. The van der Waals surface area contributed by atoms with E-state index >= 15 is 0 Å². The van der Waals surface area contributed by atoms with Gasteiger partial charge in [-0.1, -0.05) is 46.9 Å². The summed E-state index contributed by atoms with van der Waals surface area (Å²) in [7, 11) is 0. The maximum Gasteiger partial charge on any atom is 0.0462 e. The van der Waals surface area contributed by atoms with E-state index in [2.05, 4.69) is 22.9 Å². The fourth-order valence-corrected chi connectivity index (χ4v) is 2.18. The highest BCUT2D eigenvalue weighted by atomic mass is 79.9. The van der Waals surface area contributed by atoms with Crippen molar-refractivity contribution in [3.8, 4) is 0 Å². The van der Waals surface area contributed by atoms with Gasteiger partial charge in [-0.3, -0.25) is 0 Å². The van der Waals surface area contributed by atoms with Crippen molar-refractivity contribution in [1.82, 2.24) is 0 Å². The van der Waals surface area contributed by atoms with Gasteiger partial charge in [-0.15, -0.1) is 0 Å². The van der Waals surface area contributed by atoms with Gasteiger partial charge in [-0.2, -0.15) is 0 Å². The standard InChI is InChI=1S/C11H14BrClO/c1-2-8(7-14)5-9-3-4-10(13)6-11(9)12/h3-4,6,8,14H,2,5,7H2,1H3/t8-/m0/s1. The first-order valence-electron chi connectivity index (χ1n) is 4.72. The molecular weight excluding hydrogens is 263 g/mol. The third-order valence-electron chi connectivity index (χ3n) is 2.36. The number of halogens is 2. The first kappa shape index (κ1) is 12.0. The molecule has 0 heterocycles. The molecule has 1 atom stereocenters. The number of aliphatic hydroxyl groups excluding tert-OH is 1. The minimum Gasteiger partial charge on any atom is -0.396 e. The lowest BCUT2D eigenvalue weighted by atomic mass is 9.98. The molecule has 3 heteroatoms. The maximum atomic E-state index is 9.09. The van der Waals surface area contributed by atoms with Gasteiger partial charge in [0, 0.05) is 16.1 Å². The number of rotatable bonds is 4. The third kappa shape index (κ3) is 3.26. The van der Waals surface area contributed by atoms with E-state index < -0.39 is 0 Å². The second-order valence-electron chi connectivity index (χ2n) is 3.40. The Balaban J connectivity index is 2.76. The Hall–Kier alpha value is -0.0500. The van der Waals surface area contributed by atoms with Gasteiger partial charge in [0.2, 0.25) is 0 Å². The van der Waals surface area contributed by atoms with E-state index in [-0.39, 0.29) is 6.61 Å². The first-order valence-corrected chi connectivity index (χ1v) is 5.89. The van der Waals surface area contributed by atoms with Crippen molar-refractivity contribution in [2.24, 2.45) is 5.92 Å². The third-order valence-corrected chi connectivity index (χ3v) is 3.33. The van der Waals surface area contributed by atoms with Gasteiger partial charge in [-0.05, 0) is 30.0 Å². The zero-order valence-corrected chi connectivity index (χ0v) is 10.5. The van der Waals surface area contributed by atoms with Crippen LogP contribution < -0.4 is 0 Å². The van der Waals surface area contributed by atoms with Crippen molar-refractivity contribution >= 4 is 27.5 Å². The van der Waals surface area contributed by atoms with Crippen LogP contribution in [0.3, 0.4) is 0 Å². The Morgan fingerprint density at radius 2 is 2.21 bits per heavy atom. The Kier molecular flexibility index (Phi) is 4.93. The molecule has 1 nitrogen and oxygen atoms in total. The van der Waals surface area contributed by atoms with Gasteiger partial charge in [0.05, 0.1) is 0 Å². The Morgan fingerprint density at radius 1 is 1.50 bits per heavy atom. The van der Waals surface area contributed by atoms with Crippen LogP contribution in [0, 0.1) is 5.92 Å². The monoisotopic (exact) mass is 276 g/mol. The van der Waals surface area contributed by atoms with E-state index in [1.807, 2.05) is 18.2 Å². The van der Waals surface area contributed by atoms with E-state index in [0.717, 1.165) is 22.3 Å². The molecule has 0 amide bonds. The fraction of sp³-hybridized carbons (Fsp3) is 0.455. The summed E-state index contributed by atoms with van der Waals surface area (Å²) >= 11 is 9.31. The van der Waals surface area contributed by atoms with Crippen molar-refractivity contribution < 1.29 is 5.11 Å². The van der Waals surface area contributed by atoms with E-state index in [9.17, 15) is 0 Å². The van der Waals surface area contributed by atoms with Crippen LogP contribution in [0.2, 0.25) is 5.02 Å². The summed E-state index contributed by atoms with van der Waals surface area (Å²) in [5.74, 6) is 0.340. The predicted molar refractivity (Wildman–Crippen MR) is 63.7 cm³/mol. The van der Waals surface area contributed by atoms with Crippen molar-refractivity contribution in [3.05, 3.63) is 33.3 Å². The Labute approximate surface area is 98.2 Å². The van der Waals surface area contributed by atoms with Crippen LogP contribution in [-0.4, -0.2) is 11.7 Å². The first-order chi connectivity index (χ1) is 6.67. The molecule has 1 N–H and O–H groups in total. The molecule has 0 saturated heterocycles. The molecule has 0 aliphatic rings. The van der Waals surface area contributed by atoms with E-state index in [0.29, 0.717) is 5.92 Å². The summed E-state index contributed by atoms with van der Waals surface area (Å²) in [6, 6.07) is 5.78. The van der Waals surface area contributed by atoms with Crippen LogP contribution in [0.5, 0.6) is 0 Å². The van der Waals surface area contributed by atoms with Gasteiger partial charge in [0.1, 0.15) is 0 Å². The van der Waals surface area contributed by atoms with Crippen molar-refractivity contribution in [3.63, 3.8) is 0 Å².